The lowest BCUT2D eigenvalue weighted by molar-refractivity contribution is -0.113. The summed E-state index contributed by atoms with van der Waals surface area (Å²) in [6.45, 7) is 5.69. The molecule has 0 aliphatic heterocycles. The molecule has 0 atom stereocenters. The topological polar surface area (TPSA) is 109 Å². The number of nitrogens with zero attached hydrogens (tertiary/aromatic N) is 2. The van der Waals surface area contributed by atoms with Gasteiger partial charge in [0.25, 0.3) is 0 Å². The zero-order valence-corrected chi connectivity index (χ0v) is 15.0. The van der Waals surface area contributed by atoms with Crippen molar-refractivity contribution in [2.45, 2.75) is 25.8 Å². The highest BCUT2D eigenvalue weighted by molar-refractivity contribution is 8.00. The number of thioether (sulfide) groups is 1. The highest BCUT2D eigenvalue weighted by Crippen LogP contribution is 2.26. The molecule has 0 unspecified atom stereocenters. The van der Waals surface area contributed by atoms with E-state index in [-0.39, 0.29) is 11.7 Å². The van der Waals surface area contributed by atoms with Crippen LogP contribution in [0.5, 0.6) is 0 Å². The molecular formula is C18H18N4O2S. The highest BCUT2D eigenvalue weighted by atomic mass is 32.2. The van der Waals surface area contributed by atoms with Crippen LogP contribution in [0.4, 0.5) is 5.69 Å². The van der Waals surface area contributed by atoms with Crippen LogP contribution >= 0.6 is 11.8 Å². The van der Waals surface area contributed by atoms with Gasteiger partial charge >= 0.3 is 0 Å². The number of hydrogen-bond acceptors (Lipinski definition) is 5. The minimum Gasteiger partial charge on any atom is -0.366 e. The maximum absolute atomic E-state index is 12.1. The molecule has 0 aliphatic carbocycles. The lowest BCUT2D eigenvalue weighted by atomic mass is 10.1. The van der Waals surface area contributed by atoms with Crippen molar-refractivity contribution in [3.63, 3.8) is 0 Å². The second-order valence-electron chi connectivity index (χ2n) is 5.52. The molecule has 2 aromatic rings. The molecule has 25 heavy (non-hydrogen) atoms. The smallest absolute Gasteiger partial charge is 0.248 e. The van der Waals surface area contributed by atoms with Crippen LogP contribution in [0.1, 0.15) is 32.7 Å². The Hall–Kier alpha value is -2.85. The van der Waals surface area contributed by atoms with E-state index in [0.717, 1.165) is 16.8 Å². The number of carbonyl (C=O) groups is 2. The molecule has 128 valence electrons. The first-order valence-electron chi connectivity index (χ1n) is 7.54. The van der Waals surface area contributed by atoms with E-state index in [1.807, 2.05) is 20.8 Å². The first kappa shape index (κ1) is 18.5. The van der Waals surface area contributed by atoms with E-state index in [0.29, 0.717) is 21.8 Å². The van der Waals surface area contributed by atoms with Gasteiger partial charge in [-0.25, -0.2) is 4.98 Å². The van der Waals surface area contributed by atoms with Gasteiger partial charge in [-0.1, -0.05) is 11.8 Å². The maximum Gasteiger partial charge on any atom is 0.248 e. The Morgan fingerprint density at radius 1 is 1.20 bits per heavy atom. The van der Waals surface area contributed by atoms with Crippen molar-refractivity contribution in [1.82, 2.24) is 4.98 Å². The van der Waals surface area contributed by atoms with Crippen molar-refractivity contribution in [3.05, 3.63) is 52.2 Å². The lowest BCUT2D eigenvalue weighted by Crippen LogP contribution is -2.15. The van der Waals surface area contributed by atoms with Crippen LogP contribution in [0.3, 0.4) is 0 Å². The Morgan fingerprint density at radius 2 is 1.84 bits per heavy atom. The summed E-state index contributed by atoms with van der Waals surface area (Å²) >= 11 is 1.22. The van der Waals surface area contributed by atoms with Crippen molar-refractivity contribution in [2.75, 3.05) is 11.1 Å². The third-order valence-electron chi connectivity index (χ3n) is 3.87. The summed E-state index contributed by atoms with van der Waals surface area (Å²) in [5.41, 5.74) is 9.35. The number of anilines is 1. The van der Waals surface area contributed by atoms with Crippen molar-refractivity contribution >= 4 is 29.3 Å². The predicted molar refractivity (Wildman–Crippen MR) is 97.5 cm³/mol. The summed E-state index contributed by atoms with van der Waals surface area (Å²) in [4.78, 5) is 27.6. The standard InChI is InChI=1S/C18H18N4O2S/c1-10-11(2)15(8-19)18(21-12(10)3)25-9-16(23)22-14-6-4-13(5-7-14)17(20)24/h4-7H,9H2,1-3H3,(H2,20,24)(H,22,23). The maximum atomic E-state index is 12.1. The summed E-state index contributed by atoms with van der Waals surface area (Å²) < 4.78 is 0. The molecule has 0 fully saturated rings. The SMILES string of the molecule is Cc1nc(SCC(=O)Nc2ccc(C(N)=O)cc2)c(C#N)c(C)c1C. The number of carbonyl (C=O) groups excluding carboxylic acids is 2. The predicted octanol–water partition coefficient (Wildman–Crippen LogP) is 2.71. The molecule has 1 aromatic heterocycles. The van der Waals surface area contributed by atoms with Crippen molar-refractivity contribution in [3.8, 4) is 6.07 Å². The monoisotopic (exact) mass is 354 g/mol. The molecule has 7 heteroatoms. The fourth-order valence-corrected chi connectivity index (χ4v) is 3.08. The Bertz CT molecular complexity index is 870. The number of hydrogen-bond donors (Lipinski definition) is 2. The molecule has 6 nitrogen and oxygen atoms in total. The molecule has 1 aromatic carbocycles. The van der Waals surface area contributed by atoms with Gasteiger partial charge in [-0.05, 0) is 56.2 Å². The van der Waals surface area contributed by atoms with Crippen LogP contribution in [0.2, 0.25) is 0 Å². The van der Waals surface area contributed by atoms with Crippen LogP contribution < -0.4 is 11.1 Å². The van der Waals surface area contributed by atoms with Gasteiger partial charge in [0, 0.05) is 16.9 Å². The van der Waals surface area contributed by atoms with E-state index >= 15 is 0 Å². The molecule has 2 rings (SSSR count). The Labute approximate surface area is 150 Å². The fourth-order valence-electron chi connectivity index (χ4n) is 2.20. The van der Waals surface area contributed by atoms with Gasteiger partial charge in [0.15, 0.2) is 0 Å². The lowest BCUT2D eigenvalue weighted by Gasteiger charge is -2.11. The molecule has 0 bridgehead atoms. The van der Waals surface area contributed by atoms with Crippen molar-refractivity contribution in [1.29, 1.82) is 5.26 Å². The van der Waals surface area contributed by atoms with E-state index in [9.17, 15) is 14.9 Å². The molecule has 3 N–H and O–H groups in total. The van der Waals surface area contributed by atoms with E-state index in [1.165, 1.54) is 11.8 Å². The number of benzene rings is 1. The highest BCUT2D eigenvalue weighted by Gasteiger charge is 2.14. The number of nitrogens with two attached hydrogens (primary N) is 1. The normalized spacial score (nSPS) is 10.2. The van der Waals surface area contributed by atoms with Crippen LogP contribution in [-0.2, 0) is 4.79 Å². The molecule has 0 spiro atoms. The van der Waals surface area contributed by atoms with Crippen molar-refractivity contribution in [2.24, 2.45) is 5.73 Å². The minimum absolute atomic E-state index is 0.126. The zero-order chi connectivity index (χ0) is 18.6. The van der Waals surface area contributed by atoms with Crippen LogP contribution in [0.25, 0.3) is 0 Å². The summed E-state index contributed by atoms with van der Waals surface area (Å²) in [5.74, 6) is -0.617. The van der Waals surface area contributed by atoms with E-state index in [2.05, 4.69) is 16.4 Å². The summed E-state index contributed by atoms with van der Waals surface area (Å²) in [6, 6.07) is 8.49. The summed E-state index contributed by atoms with van der Waals surface area (Å²) in [7, 11) is 0. The number of nitrogens with one attached hydrogen (secondary N) is 1. The molecule has 0 saturated carbocycles. The number of primary amides is 1. The zero-order valence-electron chi connectivity index (χ0n) is 14.2. The number of pyridine rings is 1. The number of nitriles is 1. The molecule has 0 radical (unpaired) electrons. The Morgan fingerprint density at radius 3 is 2.40 bits per heavy atom. The Balaban J connectivity index is 2.05. The van der Waals surface area contributed by atoms with Gasteiger partial charge in [0.05, 0.1) is 11.3 Å². The average Bonchev–Trinajstić information content (AvgIpc) is 2.58. The minimum atomic E-state index is -0.520. The van der Waals surface area contributed by atoms with E-state index in [1.54, 1.807) is 24.3 Å². The second kappa shape index (κ2) is 7.81. The van der Waals surface area contributed by atoms with Gasteiger partial charge in [-0.2, -0.15) is 5.26 Å². The van der Waals surface area contributed by atoms with Crippen molar-refractivity contribution < 1.29 is 9.59 Å². The quantitative estimate of drug-likeness (QED) is 0.802. The Kier molecular flexibility index (Phi) is 5.78. The van der Waals surface area contributed by atoms with Gasteiger partial charge in [0.2, 0.25) is 11.8 Å². The first-order chi connectivity index (χ1) is 11.8. The molecule has 2 amide bonds. The van der Waals surface area contributed by atoms with Gasteiger partial charge in [-0.15, -0.1) is 0 Å². The van der Waals surface area contributed by atoms with E-state index in [4.69, 9.17) is 5.73 Å². The number of aryl methyl sites for hydroxylation is 1. The molecular weight excluding hydrogens is 336 g/mol. The first-order valence-corrected chi connectivity index (χ1v) is 8.52. The van der Waals surface area contributed by atoms with Gasteiger partial charge < -0.3 is 11.1 Å². The average molecular weight is 354 g/mol. The molecule has 0 saturated heterocycles. The third kappa shape index (κ3) is 4.37. The molecule has 1 heterocycles. The summed E-state index contributed by atoms with van der Waals surface area (Å²) in [6.07, 6.45) is 0. The van der Waals surface area contributed by atoms with Gasteiger partial charge in [-0.3, -0.25) is 9.59 Å². The van der Waals surface area contributed by atoms with Crippen LogP contribution in [0, 0.1) is 32.1 Å². The van der Waals surface area contributed by atoms with Crippen LogP contribution in [0.15, 0.2) is 29.3 Å². The van der Waals surface area contributed by atoms with E-state index < -0.39 is 5.91 Å². The van der Waals surface area contributed by atoms with Crippen LogP contribution in [-0.4, -0.2) is 22.6 Å². The second-order valence-corrected chi connectivity index (χ2v) is 6.48. The molecule has 0 aliphatic rings. The van der Waals surface area contributed by atoms with Gasteiger partial charge in [0.1, 0.15) is 11.1 Å². The largest absolute Gasteiger partial charge is 0.366 e. The number of rotatable bonds is 5. The number of aromatic nitrogens is 1. The summed E-state index contributed by atoms with van der Waals surface area (Å²) in [5, 5.41) is 12.6. The fraction of sp³-hybridized carbons (Fsp3) is 0.222. The number of amides is 2. The third-order valence-corrected chi connectivity index (χ3v) is 4.84.